The maximum Gasteiger partial charge on any atom is 0.178 e. The Kier molecular flexibility index (Phi) is 4.89. The fourth-order valence-electron chi connectivity index (χ4n) is 3.22. The minimum atomic E-state index is -3.58. The molecule has 25 heavy (non-hydrogen) atoms. The van der Waals surface area contributed by atoms with Gasteiger partial charge in [-0.15, -0.1) is 0 Å². The van der Waals surface area contributed by atoms with Crippen molar-refractivity contribution in [2.45, 2.75) is 24.2 Å². The van der Waals surface area contributed by atoms with Crippen molar-refractivity contribution in [1.29, 1.82) is 0 Å². The molecule has 0 saturated heterocycles. The van der Waals surface area contributed by atoms with Crippen molar-refractivity contribution in [3.05, 3.63) is 58.4 Å². The summed E-state index contributed by atoms with van der Waals surface area (Å²) in [5.74, 6) is -0.121. The van der Waals surface area contributed by atoms with Crippen LogP contribution < -0.4 is 4.74 Å². The van der Waals surface area contributed by atoms with Gasteiger partial charge in [-0.1, -0.05) is 23.7 Å². The molecule has 0 atom stereocenters. The molecule has 6 heteroatoms. The first-order valence-corrected chi connectivity index (χ1v) is 10.1. The van der Waals surface area contributed by atoms with Gasteiger partial charge in [0.05, 0.1) is 12.1 Å². The fourth-order valence-corrected chi connectivity index (χ4v) is 4.14. The van der Waals surface area contributed by atoms with Crippen LogP contribution in [-0.2, 0) is 9.84 Å². The van der Waals surface area contributed by atoms with Crippen molar-refractivity contribution in [2.75, 3.05) is 13.4 Å². The van der Waals surface area contributed by atoms with E-state index in [1.54, 1.807) is 19.2 Å². The molecule has 0 spiro atoms. The lowest BCUT2D eigenvalue weighted by Crippen LogP contribution is -2.01. The molecular formula is C19H18ClFO3S. The molecule has 1 aliphatic rings. The minimum Gasteiger partial charge on any atom is -0.495 e. The first kappa shape index (κ1) is 18.0. The molecule has 0 fully saturated rings. The van der Waals surface area contributed by atoms with Gasteiger partial charge in [-0.2, -0.15) is 0 Å². The molecular weight excluding hydrogens is 363 g/mol. The third-order valence-electron chi connectivity index (χ3n) is 4.40. The Balaban J connectivity index is 2.09. The van der Waals surface area contributed by atoms with Crippen LogP contribution in [0.4, 0.5) is 4.39 Å². The predicted molar refractivity (Wildman–Crippen MR) is 98.2 cm³/mol. The average Bonchev–Trinajstić information content (AvgIpc) is 3.03. The Bertz CT molecular complexity index is 965. The maximum atomic E-state index is 14.3. The number of ether oxygens (including phenoxy) is 1. The van der Waals surface area contributed by atoms with E-state index in [0.717, 1.165) is 42.2 Å². The third kappa shape index (κ3) is 3.58. The van der Waals surface area contributed by atoms with Gasteiger partial charge in [0, 0.05) is 6.26 Å². The molecule has 0 aromatic heterocycles. The van der Waals surface area contributed by atoms with Gasteiger partial charge in [0.1, 0.15) is 16.5 Å². The number of methoxy groups -OCH3 is 1. The van der Waals surface area contributed by atoms with Gasteiger partial charge >= 0.3 is 0 Å². The third-order valence-corrected chi connectivity index (χ3v) is 5.84. The van der Waals surface area contributed by atoms with Crippen LogP contribution in [0.2, 0.25) is 5.02 Å². The summed E-state index contributed by atoms with van der Waals surface area (Å²) >= 11 is 6.09. The molecule has 0 radical (unpaired) electrons. The van der Waals surface area contributed by atoms with Gasteiger partial charge in [-0.3, -0.25) is 0 Å². The van der Waals surface area contributed by atoms with Crippen molar-refractivity contribution in [3.63, 3.8) is 0 Å². The van der Waals surface area contributed by atoms with Crippen LogP contribution in [0.5, 0.6) is 5.75 Å². The van der Waals surface area contributed by atoms with E-state index in [0.29, 0.717) is 16.3 Å². The quantitative estimate of drug-likeness (QED) is 0.750. The van der Waals surface area contributed by atoms with Gasteiger partial charge in [-0.05, 0) is 65.8 Å². The van der Waals surface area contributed by atoms with Gasteiger partial charge in [-0.25, -0.2) is 12.8 Å². The predicted octanol–water partition coefficient (Wildman–Crippen LogP) is 4.99. The normalized spacial score (nSPS) is 14.9. The van der Waals surface area contributed by atoms with Gasteiger partial charge < -0.3 is 4.74 Å². The van der Waals surface area contributed by atoms with Crippen LogP contribution in [0, 0.1) is 5.82 Å². The van der Waals surface area contributed by atoms with Crippen molar-refractivity contribution in [3.8, 4) is 5.75 Å². The Hall–Kier alpha value is -1.85. The first-order chi connectivity index (χ1) is 11.8. The Morgan fingerprint density at radius 1 is 1.04 bits per heavy atom. The largest absolute Gasteiger partial charge is 0.495 e. The van der Waals surface area contributed by atoms with E-state index in [4.69, 9.17) is 16.3 Å². The molecule has 0 bridgehead atoms. The second kappa shape index (κ2) is 6.81. The number of rotatable bonds is 4. The van der Waals surface area contributed by atoms with Crippen molar-refractivity contribution >= 4 is 32.6 Å². The molecule has 2 aromatic rings. The molecule has 0 saturated carbocycles. The molecule has 0 unspecified atom stereocenters. The van der Waals surface area contributed by atoms with E-state index in [2.05, 4.69) is 0 Å². The summed E-state index contributed by atoms with van der Waals surface area (Å²) < 4.78 is 42.7. The zero-order valence-corrected chi connectivity index (χ0v) is 15.5. The molecule has 0 aliphatic heterocycles. The lowest BCUT2D eigenvalue weighted by atomic mass is 9.97. The van der Waals surface area contributed by atoms with Crippen molar-refractivity contribution < 1.29 is 17.5 Å². The Morgan fingerprint density at radius 3 is 2.20 bits per heavy atom. The zero-order valence-electron chi connectivity index (χ0n) is 14.0. The average molecular weight is 381 g/mol. The van der Waals surface area contributed by atoms with Crippen LogP contribution in [0.15, 0.2) is 41.3 Å². The summed E-state index contributed by atoms with van der Waals surface area (Å²) in [6.07, 6.45) is 3.66. The lowest BCUT2D eigenvalue weighted by molar-refractivity contribution is 0.415. The fraction of sp³-hybridized carbons (Fsp3) is 0.263. The van der Waals surface area contributed by atoms with Crippen LogP contribution in [-0.4, -0.2) is 21.8 Å². The topological polar surface area (TPSA) is 43.4 Å². The number of hydrogen-bond donors (Lipinski definition) is 0. The van der Waals surface area contributed by atoms with E-state index < -0.39 is 15.7 Å². The number of hydrogen-bond acceptors (Lipinski definition) is 3. The smallest absolute Gasteiger partial charge is 0.178 e. The first-order valence-electron chi connectivity index (χ1n) is 7.87. The lowest BCUT2D eigenvalue weighted by Gasteiger charge is -2.12. The van der Waals surface area contributed by atoms with E-state index in [1.165, 1.54) is 12.1 Å². The Labute approximate surface area is 152 Å². The molecule has 3 rings (SSSR count). The summed E-state index contributed by atoms with van der Waals surface area (Å²) in [7, 11) is -2.01. The number of halogens is 2. The molecule has 3 nitrogen and oxygen atoms in total. The number of benzene rings is 2. The highest BCUT2D eigenvalue weighted by molar-refractivity contribution is 7.90. The molecule has 2 aromatic carbocycles. The second-order valence-corrected chi connectivity index (χ2v) is 8.47. The van der Waals surface area contributed by atoms with E-state index in [9.17, 15) is 12.8 Å². The summed E-state index contributed by atoms with van der Waals surface area (Å²) in [6.45, 7) is 0. The highest BCUT2D eigenvalue weighted by Gasteiger charge is 2.21. The SMILES string of the molecule is COc1cc(C2=C(c3ccc(S(C)(=O)=O)c(F)c3)CCC2)ccc1Cl. The monoisotopic (exact) mass is 380 g/mol. The van der Waals surface area contributed by atoms with Gasteiger partial charge in [0.25, 0.3) is 0 Å². The molecule has 0 amide bonds. The number of allylic oxidation sites excluding steroid dienone is 2. The van der Waals surface area contributed by atoms with Crippen LogP contribution in [0.25, 0.3) is 11.1 Å². The zero-order chi connectivity index (χ0) is 18.2. The van der Waals surface area contributed by atoms with Crippen LogP contribution >= 0.6 is 11.6 Å². The molecule has 0 N–H and O–H groups in total. The second-order valence-electron chi connectivity index (χ2n) is 6.08. The van der Waals surface area contributed by atoms with Crippen LogP contribution in [0.1, 0.15) is 30.4 Å². The standard InChI is InChI=1S/C19H18ClFO3S/c1-24-18-11-13(6-8-16(18)20)15-5-3-4-14(15)12-7-9-19(17(21)10-12)25(2,22)23/h6-11H,3-5H2,1-2H3. The summed E-state index contributed by atoms with van der Waals surface area (Å²) in [6, 6.07) is 9.91. The van der Waals surface area contributed by atoms with E-state index in [-0.39, 0.29) is 4.90 Å². The minimum absolute atomic E-state index is 0.274. The molecule has 1 aliphatic carbocycles. The summed E-state index contributed by atoms with van der Waals surface area (Å²) in [5, 5.41) is 0.537. The molecule has 0 heterocycles. The van der Waals surface area contributed by atoms with Crippen molar-refractivity contribution in [1.82, 2.24) is 0 Å². The summed E-state index contributed by atoms with van der Waals surface area (Å²) in [4.78, 5) is -0.274. The highest BCUT2D eigenvalue weighted by Crippen LogP contribution is 2.41. The summed E-state index contributed by atoms with van der Waals surface area (Å²) in [5.41, 5.74) is 3.84. The van der Waals surface area contributed by atoms with E-state index in [1.807, 2.05) is 12.1 Å². The van der Waals surface area contributed by atoms with Gasteiger partial charge in [0.2, 0.25) is 0 Å². The van der Waals surface area contributed by atoms with Crippen LogP contribution in [0.3, 0.4) is 0 Å². The highest BCUT2D eigenvalue weighted by atomic mass is 35.5. The van der Waals surface area contributed by atoms with Crippen molar-refractivity contribution in [2.24, 2.45) is 0 Å². The van der Waals surface area contributed by atoms with Gasteiger partial charge in [0.15, 0.2) is 9.84 Å². The van der Waals surface area contributed by atoms with E-state index >= 15 is 0 Å². The molecule has 132 valence electrons. The Morgan fingerprint density at radius 2 is 1.64 bits per heavy atom. The number of sulfone groups is 1. The maximum absolute atomic E-state index is 14.3.